The van der Waals surface area contributed by atoms with Crippen LogP contribution in [-0.2, 0) is 24.3 Å². The molecule has 0 bridgehead atoms. The van der Waals surface area contributed by atoms with E-state index in [0.717, 1.165) is 17.5 Å². The molecule has 24 heavy (non-hydrogen) atoms. The number of aryl methyl sites for hydroxylation is 1. The highest BCUT2D eigenvalue weighted by atomic mass is 16.4. The van der Waals surface area contributed by atoms with E-state index in [2.05, 4.69) is 10.5 Å². The lowest BCUT2D eigenvalue weighted by atomic mass is 9.98. The molecule has 0 spiro atoms. The number of oxime groups is 1. The molecule has 0 saturated carbocycles. The van der Waals surface area contributed by atoms with Crippen LogP contribution in [0.25, 0.3) is 0 Å². The third kappa shape index (κ3) is 3.08. The number of fused-ring (bicyclic) bond motifs is 1. The van der Waals surface area contributed by atoms with Gasteiger partial charge < -0.3 is 15.6 Å². The van der Waals surface area contributed by atoms with E-state index in [1.54, 1.807) is 4.57 Å². The monoisotopic (exact) mass is 326 g/mol. The number of aromatic nitrogens is 1. The Morgan fingerprint density at radius 2 is 2.04 bits per heavy atom. The predicted octanol–water partition coefficient (Wildman–Crippen LogP) is 1.43. The molecule has 0 fully saturated rings. The van der Waals surface area contributed by atoms with E-state index in [9.17, 15) is 9.90 Å². The van der Waals surface area contributed by atoms with Crippen molar-refractivity contribution in [2.24, 2.45) is 5.16 Å². The molecular formula is C18H20N3O3+. The maximum atomic E-state index is 12.1. The summed E-state index contributed by atoms with van der Waals surface area (Å²) in [5.74, 6) is -0.0478. The first kappa shape index (κ1) is 16.0. The van der Waals surface area contributed by atoms with Crippen LogP contribution in [0.3, 0.4) is 0 Å². The summed E-state index contributed by atoms with van der Waals surface area (Å²) < 4.78 is 1.78. The molecule has 1 heterocycles. The van der Waals surface area contributed by atoms with E-state index in [0.29, 0.717) is 23.3 Å². The van der Waals surface area contributed by atoms with Crippen LogP contribution in [0.4, 0.5) is 0 Å². The average molecular weight is 326 g/mol. The normalized spacial score (nSPS) is 14.6. The van der Waals surface area contributed by atoms with Crippen LogP contribution >= 0.6 is 0 Å². The SMILES string of the molecule is Cc1cc(CNC(=O)C[n+]2ccccc2)c(O)c2c1CCC2=NO. The van der Waals surface area contributed by atoms with E-state index in [1.165, 1.54) is 0 Å². The van der Waals surface area contributed by atoms with Gasteiger partial charge in [0, 0.05) is 29.8 Å². The molecule has 1 aliphatic carbocycles. The zero-order valence-corrected chi connectivity index (χ0v) is 13.5. The van der Waals surface area contributed by atoms with Gasteiger partial charge in [-0.3, -0.25) is 4.79 Å². The fourth-order valence-corrected chi connectivity index (χ4v) is 3.11. The quantitative estimate of drug-likeness (QED) is 0.451. The van der Waals surface area contributed by atoms with Crippen molar-refractivity contribution in [1.82, 2.24) is 5.32 Å². The maximum absolute atomic E-state index is 12.1. The van der Waals surface area contributed by atoms with Crippen molar-refractivity contribution in [3.63, 3.8) is 0 Å². The van der Waals surface area contributed by atoms with Gasteiger partial charge >= 0.3 is 0 Å². The zero-order chi connectivity index (χ0) is 17.1. The number of nitrogens with one attached hydrogen (secondary N) is 1. The van der Waals surface area contributed by atoms with Crippen LogP contribution in [0.15, 0.2) is 41.8 Å². The minimum atomic E-state index is -0.139. The lowest BCUT2D eigenvalue weighted by Gasteiger charge is -2.13. The molecule has 2 aromatic rings. The van der Waals surface area contributed by atoms with E-state index in [4.69, 9.17) is 5.21 Å². The number of carbonyl (C=O) groups is 1. The van der Waals surface area contributed by atoms with Crippen LogP contribution < -0.4 is 9.88 Å². The number of amides is 1. The first-order valence-electron chi connectivity index (χ1n) is 7.86. The molecule has 1 aromatic heterocycles. The largest absolute Gasteiger partial charge is 0.507 e. The number of nitrogens with zero attached hydrogens (tertiary/aromatic N) is 2. The molecule has 124 valence electrons. The number of hydrogen-bond acceptors (Lipinski definition) is 4. The fraction of sp³-hybridized carbons (Fsp3) is 0.278. The van der Waals surface area contributed by atoms with Gasteiger partial charge in [0.15, 0.2) is 12.4 Å². The van der Waals surface area contributed by atoms with Gasteiger partial charge in [-0.1, -0.05) is 17.3 Å². The van der Waals surface area contributed by atoms with Crippen LogP contribution in [0.2, 0.25) is 0 Å². The zero-order valence-electron chi connectivity index (χ0n) is 13.5. The summed E-state index contributed by atoms with van der Waals surface area (Å²) >= 11 is 0. The summed E-state index contributed by atoms with van der Waals surface area (Å²) in [7, 11) is 0. The van der Waals surface area contributed by atoms with Crippen molar-refractivity contribution in [3.8, 4) is 5.75 Å². The second kappa shape index (κ2) is 6.70. The molecule has 0 atom stereocenters. The molecule has 0 saturated heterocycles. The molecule has 3 rings (SSSR count). The summed E-state index contributed by atoms with van der Waals surface area (Å²) in [6, 6.07) is 7.49. The molecule has 6 nitrogen and oxygen atoms in total. The molecule has 1 aromatic carbocycles. The predicted molar refractivity (Wildman–Crippen MR) is 88.0 cm³/mol. The Balaban J connectivity index is 1.74. The van der Waals surface area contributed by atoms with Crippen molar-refractivity contribution in [1.29, 1.82) is 0 Å². The van der Waals surface area contributed by atoms with Gasteiger partial charge in [0.25, 0.3) is 5.91 Å². The van der Waals surface area contributed by atoms with Crippen LogP contribution in [-0.4, -0.2) is 21.9 Å². The molecule has 0 aliphatic heterocycles. The van der Waals surface area contributed by atoms with E-state index in [-0.39, 0.29) is 24.7 Å². The second-order valence-electron chi connectivity index (χ2n) is 5.93. The standard InChI is InChI=1S/C18H19N3O3/c1-12-9-13(18(23)17-14(12)5-6-15(17)20-24)10-19-16(22)11-21-7-3-2-4-8-21/h2-4,7-9H,5-6,10-11H2,1H3,(H2-,19,20,22,23,24)/p+1. The molecular weight excluding hydrogens is 306 g/mol. The Morgan fingerprint density at radius 3 is 2.75 bits per heavy atom. The molecule has 3 N–H and O–H groups in total. The Labute approximate surface area is 140 Å². The van der Waals surface area contributed by atoms with Crippen molar-refractivity contribution in [2.45, 2.75) is 32.9 Å². The van der Waals surface area contributed by atoms with E-state index < -0.39 is 0 Å². The Kier molecular flexibility index (Phi) is 4.46. The first-order valence-corrected chi connectivity index (χ1v) is 7.86. The number of carbonyl (C=O) groups excluding carboxylic acids is 1. The Hall–Kier alpha value is -2.89. The highest BCUT2D eigenvalue weighted by molar-refractivity contribution is 6.07. The van der Waals surface area contributed by atoms with E-state index >= 15 is 0 Å². The lowest BCUT2D eigenvalue weighted by Crippen LogP contribution is -2.42. The number of rotatable bonds is 4. The summed E-state index contributed by atoms with van der Waals surface area (Å²) in [4.78, 5) is 12.1. The smallest absolute Gasteiger partial charge is 0.286 e. The number of phenolic OH excluding ortho intramolecular Hbond substituents is 1. The van der Waals surface area contributed by atoms with Gasteiger partial charge in [-0.15, -0.1) is 0 Å². The van der Waals surface area contributed by atoms with Crippen molar-refractivity contribution >= 4 is 11.6 Å². The number of pyridine rings is 1. The minimum Gasteiger partial charge on any atom is -0.507 e. The number of phenols is 1. The van der Waals surface area contributed by atoms with Gasteiger partial charge in [0.1, 0.15) is 5.75 Å². The van der Waals surface area contributed by atoms with Gasteiger partial charge in [0.05, 0.1) is 5.71 Å². The van der Waals surface area contributed by atoms with Crippen molar-refractivity contribution < 1.29 is 19.7 Å². The molecule has 6 heteroatoms. The van der Waals surface area contributed by atoms with Gasteiger partial charge in [-0.05, 0) is 30.9 Å². The van der Waals surface area contributed by atoms with Crippen LogP contribution in [0.5, 0.6) is 5.75 Å². The summed E-state index contributed by atoms with van der Waals surface area (Å²) in [5.41, 5.74) is 3.77. The fourth-order valence-electron chi connectivity index (χ4n) is 3.11. The maximum Gasteiger partial charge on any atom is 0.286 e. The number of hydrogen-bond donors (Lipinski definition) is 3. The third-order valence-corrected chi connectivity index (χ3v) is 4.31. The van der Waals surface area contributed by atoms with Crippen LogP contribution in [0, 0.1) is 6.92 Å². The molecule has 1 amide bonds. The van der Waals surface area contributed by atoms with Crippen molar-refractivity contribution in [2.75, 3.05) is 0 Å². The third-order valence-electron chi connectivity index (χ3n) is 4.31. The van der Waals surface area contributed by atoms with Crippen LogP contribution in [0.1, 0.15) is 28.7 Å². The lowest BCUT2D eigenvalue weighted by molar-refractivity contribution is -0.684. The van der Waals surface area contributed by atoms with E-state index in [1.807, 2.05) is 43.6 Å². The molecule has 1 aliphatic rings. The molecule has 0 unspecified atom stereocenters. The minimum absolute atomic E-state index is 0.0913. The van der Waals surface area contributed by atoms with Gasteiger partial charge in [-0.25, -0.2) is 0 Å². The Morgan fingerprint density at radius 1 is 1.29 bits per heavy atom. The van der Waals surface area contributed by atoms with Gasteiger partial charge in [-0.2, -0.15) is 4.57 Å². The summed E-state index contributed by atoms with van der Waals surface area (Å²) in [6.07, 6.45) is 5.01. The topological polar surface area (TPSA) is 85.8 Å². The number of benzene rings is 1. The second-order valence-corrected chi connectivity index (χ2v) is 5.93. The highest BCUT2D eigenvalue weighted by Crippen LogP contribution is 2.35. The van der Waals surface area contributed by atoms with Crippen molar-refractivity contribution in [3.05, 3.63) is 58.9 Å². The first-order chi connectivity index (χ1) is 11.6. The Bertz CT molecular complexity index is 801. The average Bonchev–Trinajstić information content (AvgIpc) is 3.02. The highest BCUT2D eigenvalue weighted by Gasteiger charge is 2.26. The summed E-state index contributed by atoms with van der Waals surface area (Å²) in [6.45, 7) is 2.41. The summed E-state index contributed by atoms with van der Waals surface area (Å²) in [5, 5.41) is 25.7. The molecule has 0 radical (unpaired) electrons. The van der Waals surface area contributed by atoms with Gasteiger partial charge in [0.2, 0.25) is 6.54 Å². The number of aromatic hydroxyl groups is 1.